The zero-order valence-electron chi connectivity index (χ0n) is 9.96. The zero-order valence-corrected chi connectivity index (χ0v) is 9.96. The minimum atomic E-state index is -1.21. The molecule has 97 valence electrons. The Balaban J connectivity index is 2.03. The van der Waals surface area contributed by atoms with Crippen molar-refractivity contribution in [2.75, 3.05) is 32.8 Å². The molecule has 0 unspecified atom stereocenters. The molecule has 0 bridgehead atoms. The Morgan fingerprint density at radius 2 is 2.11 bits per heavy atom. The normalized spacial score (nSPS) is 16.7. The SMILES string of the molecule is O=C(O)c1c[c]cn(CCN2CCOCC2)c1=O. The number of hydrogen-bond donors (Lipinski definition) is 1. The molecule has 1 N–H and O–H groups in total. The number of nitrogens with zero attached hydrogens (tertiary/aromatic N) is 2. The molecule has 1 aliphatic heterocycles. The fourth-order valence-electron chi connectivity index (χ4n) is 1.88. The number of pyridine rings is 1. The summed E-state index contributed by atoms with van der Waals surface area (Å²) < 4.78 is 6.62. The van der Waals surface area contributed by atoms with Crippen molar-refractivity contribution >= 4 is 5.97 Å². The first kappa shape index (κ1) is 12.8. The minimum Gasteiger partial charge on any atom is -0.477 e. The van der Waals surface area contributed by atoms with Crippen LogP contribution in [0.2, 0.25) is 0 Å². The van der Waals surface area contributed by atoms with E-state index in [9.17, 15) is 9.59 Å². The van der Waals surface area contributed by atoms with Gasteiger partial charge in [-0.25, -0.2) is 4.79 Å². The van der Waals surface area contributed by atoms with Gasteiger partial charge in [0.2, 0.25) is 0 Å². The Labute approximate surface area is 104 Å². The molecule has 2 rings (SSSR count). The molecule has 6 nitrogen and oxygen atoms in total. The number of hydrogen-bond acceptors (Lipinski definition) is 4. The average Bonchev–Trinajstić information content (AvgIpc) is 2.38. The summed E-state index contributed by atoms with van der Waals surface area (Å²) in [6.45, 7) is 4.27. The number of carboxylic acid groups (broad SMARTS) is 1. The van der Waals surface area contributed by atoms with Gasteiger partial charge in [-0.2, -0.15) is 0 Å². The van der Waals surface area contributed by atoms with Crippen LogP contribution in [0.5, 0.6) is 0 Å². The molecule has 0 spiro atoms. The van der Waals surface area contributed by atoms with Gasteiger partial charge in [0, 0.05) is 38.4 Å². The van der Waals surface area contributed by atoms with Crippen molar-refractivity contribution in [3.63, 3.8) is 0 Å². The van der Waals surface area contributed by atoms with Crippen molar-refractivity contribution < 1.29 is 14.6 Å². The molecule has 1 aromatic rings. The van der Waals surface area contributed by atoms with Crippen LogP contribution < -0.4 is 5.56 Å². The summed E-state index contributed by atoms with van der Waals surface area (Å²) in [6, 6.07) is 3.88. The number of aromatic nitrogens is 1. The highest BCUT2D eigenvalue weighted by Gasteiger charge is 2.13. The predicted molar refractivity (Wildman–Crippen MR) is 63.8 cm³/mol. The maximum Gasteiger partial charge on any atom is 0.341 e. The molecule has 0 atom stereocenters. The number of morpholine rings is 1. The molecule has 1 saturated heterocycles. The van der Waals surface area contributed by atoms with E-state index in [1.165, 1.54) is 16.8 Å². The van der Waals surface area contributed by atoms with E-state index in [0.717, 1.165) is 13.1 Å². The van der Waals surface area contributed by atoms with Crippen LogP contribution >= 0.6 is 0 Å². The van der Waals surface area contributed by atoms with E-state index in [1.807, 2.05) is 0 Å². The van der Waals surface area contributed by atoms with Crippen molar-refractivity contribution in [3.8, 4) is 0 Å². The third-order valence-electron chi connectivity index (χ3n) is 2.94. The minimum absolute atomic E-state index is 0.237. The van der Waals surface area contributed by atoms with Crippen LogP contribution in [-0.4, -0.2) is 53.4 Å². The van der Waals surface area contributed by atoms with Crippen LogP contribution in [0.25, 0.3) is 0 Å². The lowest BCUT2D eigenvalue weighted by Gasteiger charge is -2.26. The van der Waals surface area contributed by atoms with Gasteiger partial charge in [-0.1, -0.05) is 0 Å². The quantitative estimate of drug-likeness (QED) is 0.794. The van der Waals surface area contributed by atoms with Crippen LogP contribution in [0.1, 0.15) is 10.4 Å². The van der Waals surface area contributed by atoms with E-state index in [2.05, 4.69) is 11.0 Å². The highest BCUT2D eigenvalue weighted by molar-refractivity contribution is 5.86. The van der Waals surface area contributed by atoms with E-state index in [4.69, 9.17) is 9.84 Å². The van der Waals surface area contributed by atoms with E-state index in [-0.39, 0.29) is 5.56 Å². The summed E-state index contributed by atoms with van der Waals surface area (Å²) >= 11 is 0. The van der Waals surface area contributed by atoms with Gasteiger partial charge in [0.1, 0.15) is 5.56 Å². The second kappa shape index (κ2) is 5.79. The summed E-state index contributed by atoms with van der Waals surface area (Å²) in [6.07, 6.45) is 1.50. The molecule has 18 heavy (non-hydrogen) atoms. The molecule has 0 saturated carbocycles. The summed E-state index contributed by atoms with van der Waals surface area (Å²) in [5.41, 5.74) is -0.714. The Morgan fingerprint density at radius 1 is 1.39 bits per heavy atom. The zero-order chi connectivity index (χ0) is 13.0. The van der Waals surface area contributed by atoms with Gasteiger partial charge in [-0.05, 0) is 6.07 Å². The fraction of sp³-hybridized carbons (Fsp3) is 0.500. The smallest absolute Gasteiger partial charge is 0.341 e. The molecule has 0 aliphatic carbocycles. The Bertz CT molecular complexity index is 477. The average molecular weight is 251 g/mol. The first-order valence-corrected chi connectivity index (χ1v) is 5.82. The number of ether oxygens (including phenoxy) is 1. The summed E-state index contributed by atoms with van der Waals surface area (Å²) in [5, 5.41) is 8.85. The molecular weight excluding hydrogens is 236 g/mol. The van der Waals surface area contributed by atoms with Crippen LogP contribution in [0.4, 0.5) is 0 Å². The van der Waals surface area contributed by atoms with E-state index in [0.29, 0.717) is 26.3 Å². The van der Waals surface area contributed by atoms with Crippen LogP contribution in [0.3, 0.4) is 0 Å². The van der Waals surface area contributed by atoms with E-state index in [1.54, 1.807) is 0 Å². The summed E-state index contributed by atoms with van der Waals surface area (Å²) in [4.78, 5) is 24.8. The molecule has 1 aliphatic rings. The van der Waals surface area contributed by atoms with Crippen LogP contribution in [-0.2, 0) is 11.3 Å². The maximum atomic E-state index is 11.8. The van der Waals surface area contributed by atoms with Crippen LogP contribution in [0, 0.1) is 6.07 Å². The monoisotopic (exact) mass is 251 g/mol. The van der Waals surface area contributed by atoms with Gasteiger partial charge in [-0.3, -0.25) is 9.69 Å². The van der Waals surface area contributed by atoms with Gasteiger partial charge in [-0.15, -0.1) is 0 Å². The van der Waals surface area contributed by atoms with Crippen molar-refractivity contribution in [2.24, 2.45) is 0 Å². The molecule has 2 heterocycles. The lowest BCUT2D eigenvalue weighted by Crippen LogP contribution is -2.39. The molecule has 1 fully saturated rings. The lowest BCUT2D eigenvalue weighted by molar-refractivity contribution is 0.0362. The summed E-state index contributed by atoms with van der Waals surface area (Å²) in [7, 11) is 0. The topological polar surface area (TPSA) is 71.8 Å². The first-order valence-electron chi connectivity index (χ1n) is 5.82. The standard InChI is InChI=1S/C12H15N2O4/c15-11-10(12(16)17)2-1-3-14(11)5-4-13-6-8-18-9-7-13/h2-3H,4-9H2,(H,16,17). The third kappa shape index (κ3) is 2.96. The second-order valence-electron chi connectivity index (χ2n) is 4.11. The van der Waals surface area contributed by atoms with Gasteiger partial charge in [0.05, 0.1) is 13.2 Å². The Kier molecular flexibility index (Phi) is 4.11. The molecule has 1 radical (unpaired) electrons. The van der Waals surface area contributed by atoms with Crippen molar-refractivity contribution in [2.45, 2.75) is 6.54 Å². The highest BCUT2D eigenvalue weighted by atomic mass is 16.5. The van der Waals surface area contributed by atoms with Gasteiger partial charge in [0.15, 0.2) is 0 Å². The van der Waals surface area contributed by atoms with Crippen molar-refractivity contribution in [3.05, 3.63) is 34.2 Å². The summed E-state index contributed by atoms with van der Waals surface area (Å²) in [5.74, 6) is -1.21. The Hall–Kier alpha value is -1.66. The highest BCUT2D eigenvalue weighted by Crippen LogP contribution is 1.97. The maximum absolute atomic E-state index is 11.8. The number of carboxylic acids is 1. The lowest BCUT2D eigenvalue weighted by atomic mass is 10.3. The van der Waals surface area contributed by atoms with Gasteiger partial charge < -0.3 is 14.4 Å². The molecule has 0 aromatic carbocycles. The predicted octanol–water partition coefficient (Wildman–Crippen LogP) is -0.321. The number of aromatic carboxylic acids is 1. The first-order chi connectivity index (χ1) is 8.68. The third-order valence-corrected chi connectivity index (χ3v) is 2.94. The Morgan fingerprint density at radius 3 is 2.78 bits per heavy atom. The van der Waals surface area contributed by atoms with Gasteiger partial charge in [0.25, 0.3) is 5.56 Å². The number of rotatable bonds is 4. The van der Waals surface area contributed by atoms with Gasteiger partial charge >= 0.3 is 5.97 Å². The van der Waals surface area contributed by atoms with E-state index >= 15 is 0 Å². The van der Waals surface area contributed by atoms with Crippen molar-refractivity contribution in [1.29, 1.82) is 0 Å². The molecule has 6 heteroatoms. The second-order valence-corrected chi connectivity index (χ2v) is 4.11. The molecule has 0 amide bonds. The molecule has 1 aromatic heterocycles. The number of carbonyl (C=O) groups is 1. The largest absolute Gasteiger partial charge is 0.477 e. The van der Waals surface area contributed by atoms with Crippen molar-refractivity contribution in [1.82, 2.24) is 9.47 Å². The van der Waals surface area contributed by atoms with Crippen LogP contribution in [0.15, 0.2) is 17.1 Å². The molecular formula is C12H15N2O4. The van der Waals surface area contributed by atoms with E-state index < -0.39 is 11.5 Å². The fourth-order valence-corrected chi connectivity index (χ4v) is 1.88.